The van der Waals surface area contributed by atoms with E-state index < -0.39 is 49.3 Å². The zero-order chi connectivity index (χ0) is 22.7. The Balaban J connectivity index is 2.06. The van der Waals surface area contributed by atoms with Crippen LogP contribution in [0.25, 0.3) is 0 Å². The molecule has 1 heterocycles. The van der Waals surface area contributed by atoms with E-state index in [4.69, 9.17) is 9.79 Å². The van der Waals surface area contributed by atoms with Gasteiger partial charge in [-0.25, -0.2) is 0 Å². The third-order valence-corrected chi connectivity index (χ3v) is 5.26. The standard InChI is InChI=1S/C17H21F3N3O6P/c1-11(24)21-14(6-9-30(27,28)29)16(26)22-7-8-23(15(25)10-22)13-4-2-12(3-5-13)17(18,19)20/h2-5,14H,6-10H2,1H3,(H,21,24)(H2,27,28,29). The van der Waals surface area contributed by atoms with Crippen LogP contribution in [0.3, 0.4) is 0 Å². The number of rotatable bonds is 6. The molecule has 0 spiro atoms. The van der Waals surface area contributed by atoms with Crippen LogP contribution in [0.1, 0.15) is 18.9 Å². The van der Waals surface area contributed by atoms with E-state index in [1.165, 1.54) is 17.0 Å². The minimum Gasteiger partial charge on any atom is -0.345 e. The zero-order valence-corrected chi connectivity index (χ0v) is 16.8. The summed E-state index contributed by atoms with van der Waals surface area (Å²) in [5.74, 6) is -1.78. The van der Waals surface area contributed by atoms with Gasteiger partial charge in [-0.15, -0.1) is 0 Å². The predicted octanol–water partition coefficient (Wildman–Crippen LogP) is 0.953. The average Bonchev–Trinajstić information content (AvgIpc) is 2.63. The number of nitrogens with one attached hydrogen (secondary N) is 1. The zero-order valence-electron chi connectivity index (χ0n) is 15.9. The number of amides is 3. The molecule has 1 aliphatic rings. The summed E-state index contributed by atoms with van der Waals surface area (Å²) in [6, 6.07) is 2.83. The monoisotopic (exact) mass is 451 g/mol. The van der Waals surface area contributed by atoms with Crippen molar-refractivity contribution in [3.05, 3.63) is 29.8 Å². The van der Waals surface area contributed by atoms with Crippen LogP contribution in [0.5, 0.6) is 0 Å². The lowest BCUT2D eigenvalue weighted by Crippen LogP contribution is -2.57. The average molecular weight is 451 g/mol. The van der Waals surface area contributed by atoms with Crippen LogP contribution in [0.2, 0.25) is 0 Å². The van der Waals surface area contributed by atoms with Crippen molar-refractivity contribution in [2.45, 2.75) is 25.6 Å². The molecule has 0 aliphatic carbocycles. The van der Waals surface area contributed by atoms with Crippen LogP contribution in [-0.2, 0) is 25.1 Å². The molecular weight excluding hydrogens is 430 g/mol. The molecule has 13 heteroatoms. The van der Waals surface area contributed by atoms with Crippen LogP contribution in [0.15, 0.2) is 24.3 Å². The third-order valence-electron chi connectivity index (χ3n) is 4.42. The summed E-state index contributed by atoms with van der Waals surface area (Å²) in [7, 11) is -4.40. The molecule has 2 rings (SSSR count). The number of carbonyl (C=O) groups is 3. The summed E-state index contributed by atoms with van der Waals surface area (Å²) in [6.45, 7) is 0.816. The molecule has 9 nitrogen and oxygen atoms in total. The van der Waals surface area contributed by atoms with Gasteiger partial charge in [0.15, 0.2) is 0 Å². The first-order valence-electron chi connectivity index (χ1n) is 8.86. The lowest BCUT2D eigenvalue weighted by atomic mass is 10.1. The molecule has 1 aliphatic heterocycles. The lowest BCUT2D eigenvalue weighted by molar-refractivity contribution is -0.140. The molecular formula is C17H21F3N3O6P. The van der Waals surface area contributed by atoms with Gasteiger partial charge in [-0.1, -0.05) is 0 Å². The number of hydrogen-bond acceptors (Lipinski definition) is 4. The van der Waals surface area contributed by atoms with E-state index in [9.17, 15) is 32.1 Å². The van der Waals surface area contributed by atoms with Gasteiger partial charge in [-0.2, -0.15) is 13.2 Å². The van der Waals surface area contributed by atoms with Gasteiger partial charge in [0.1, 0.15) is 12.6 Å². The molecule has 30 heavy (non-hydrogen) atoms. The maximum atomic E-state index is 12.7. The van der Waals surface area contributed by atoms with Crippen molar-refractivity contribution in [3.63, 3.8) is 0 Å². The SMILES string of the molecule is CC(=O)NC(CCP(=O)(O)O)C(=O)N1CCN(c2ccc(C(F)(F)F)cc2)C(=O)C1. The van der Waals surface area contributed by atoms with E-state index >= 15 is 0 Å². The molecule has 1 saturated heterocycles. The smallest absolute Gasteiger partial charge is 0.345 e. The molecule has 1 unspecified atom stereocenters. The fraction of sp³-hybridized carbons (Fsp3) is 0.471. The highest BCUT2D eigenvalue weighted by atomic mass is 31.2. The summed E-state index contributed by atoms with van der Waals surface area (Å²) in [4.78, 5) is 56.8. The number of hydrogen-bond donors (Lipinski definition) is 3. The Bertz CT molecular complexity index is 855. The number of carbonyl (C=O) groups excluding carboxylic acids is 3. The molecule has 1 aromatic rings. The molecule has 1 aromatic carbocycles. The second kappa shape index (κ2) is 9.15. The molecule has 0 saturated carbocycles. The second-order valence-corrected chi connectivity index (χ2v) is 8.56. The van der Waals surface area contributed by atoms with Crippen LogP contribution in [0.4, 0.5) is 18.9 Å². The van der Waals surface area contributed by atoms with Gasteiger partial charge in [0.25, 0.3) is 0 Å². The number of alkyl halides is 3. The van der Waals surface area contributed by atoms with E-state index in [1.807, 2.05) is 0 Å². The van der Waals surface area contributed by atoms with Crippen LogP contribution in [0, 0.1) is 0 Å². The third kappa shape index (κ3) is 6.54. The molecule has 1 atom stereocenters. The van der Waals surface area contributed by atoms with Gasteiger partial charge in [0.2, 0.25) is 17.7 Å². The summed E-state index contributed by atoms with van der Waals surface area (Å²) >= 11 is 0. The van der Waals surface area contributed by atoms with Crippen LogP contribution < -0.4 is 10.2 Å². The second-order valence-electron chi connectivity index (χ2n) is 6.78. The van der Waals surface area contributed by atoms with Gasteiger partial charge in [0.05, 0.1) is 11.7 Å². The molecule has 3 N–H and O–H groups in total. The Labute approximate surface area is 170 Å². The molecule has 0 radical (unpaired) electrons. The van der Waals surface area contributed by atoms with E-state index in [-0.39, 0.29) is 31.7 Å². The Morgan fingerprint density at radius 1 is 1.20 bits per heavy atom. The largest absolute Gasteiger partial charge is 0.416 e. The minimum absolute atomic E-state index is 0.0151. The number of benzene rings is 1. The van der Waals surface area contributed by atoms with E-state index in [0.29, 0.717) is 0 Å². The minimum atomic E-state index is -4.50. The Kier molecular flexibility index (Phi) is 7.27. The fourth-order valence-corrected chi connectivity index (χ4v) is 3.58. The van der Waals surface area contributed by atoms with Crippen molar-refractivity contribution in [2.24, 2.45) is 0 Å². The number of piperazine rings is 1. The maximum Gasteiger partial charge on any atom is 0.416 e. The summed E-state index contributed by atoms with van der Waals surface area (Å²) in [5, 5.41) is 2.32. The maximum absolute atomic E-state index is 12.7. The first-order valence-corrected chi connectivity index (χ1v) is 10.7. The van der Waals surface area contributed by atoms with Crippen molar-refractivity contribution in [3.8, 4) is 0 Å². The highest BCUT2D eigenvalue weighted by Gasteiger charge is 2.34. The van der Waals surface area contributed by atoms with E-state index in [2.05, 4.69) is 5.32 Å². The van der Waals surface area contributed by atoms with Gasteiger partial charge in [-0.05, 0) is 30.7 Å². The summed E-state index contributed by atoms with van der Waals surface area (Å²) in [5.41, 5.74) is -0.601. The highest BCUT2D eigenvalue weighted by Crippen LogP contribution is 2.35. The molecule has 166 valence electrons. The number of nitrogens with zero attached hydrogens (tertiary/aromatic N) is 2. The Morgan fingerprint density at radius 2 is 1.80 bits per heavy atom. The number of halogens is 3. The van der Waals surface area contributed by atoms with Crippen molar-refractivity contribution in [2.75, 3.05) is 30.7 Å². The normalized spacial score (nSPS) is 16.4. The predicted molar refractivity (Wildman–Crippen MR) is 99.5 cm³/mol. The molecule has 0 aromatic heterocycles. The number of anilines is 1. The topological polar surface area (TPSA) is 127 Å². The van der Waals surface area contributed by atoms with Crippen molar-refractivity contribution >= 4 is 31.0 Å². The summed E-state index contributed by atoms with van der Waals surface area (Å²) in [6.07, 6.45) is -5.43. The first-order chi connectivity index (χ1) is 13.8. The van der Waals surface area contributed by atoms with Gasteiger partial charge in [0, 0.05) is 25.7 Å². The molecule has 1 fully saturated rings. The van der Waals surface area contributed by atoms with Crippen molar-refractivity contribution in [1.82, 2.24) is 10.2 Å². The van der Waals surface area contributed by atoms with E-state index in [0.717, 1.165) is 24.0 Å². The molecule has 3 amide bonds. The van der Waals surface area contributed by atoms with Gasteiger partial charge in [-0.3, -0.25) is 18.9 Å². The van der Waals surface area contributed by atoms with E-state index in [1.54, 1.807) is 0 Å². The fourth-order valence-electron chi connectivity index (χ4n) is 2.99. The van der Waals surface area contributed by atoms with Crippen LogP contribution in [-0.4, -0.2) is 64.2 Å². The van der Waals surface area contributed by atoms with Gasteiger partial charge >= 0.3 is 13.8 Å². The lowest BCUT2D eigenvalue weighted by Gasteiger charge is -2.36. The summed E-state index contributed by atoms with van der Waals surface area (Å²) < 4.78 is 49.1. The van der Waals surface area contributed by atoms with Crippen molar-refractivity contribution in [1.29, 1.82) is 0 Å². The van der Waals surface area contributed by atoms with Crippen LogP contribution >= 0.6 is 7.60 Å². The Hall–Kier alpha value is -2.43. The first kappa shape index (κ1) is 23.8. The van der Waals surface area contributed by atoms with Crippen molar-refractivity contribution < 1.29 is 41.9 Å². The highest BCUT2D eigenvalue weighted by molar-refractivity contribution is 7.51. The quantitative estimate of drug-likeness (QED) is 0.553. The Morgan fingerprint density at radius 3 is 2.27 bits per heavy atom. The molecule has 0 bridgehead atoms. The van der Waals surface area contributed by atoms with Gasteiger partial charge < -0.3 is 24.9 Å².